The van der Waals surface area contributed by atoms with Crippen molar-refractivity contribution in [2.75, 3.05) is 4.72 Å². The van der Waals surface area contributed by atoms with Crippen molar-refractivity contribution in [2.24, 2.45) is 0 Å². The van der Waals surface area contributed by atoms with Gasteiger partial charge in [0.1, 0.15) is 17.3 Å². The van der Waals surface area contributed by atoms with E-state index in [4.69, 9.17) is 4.74 Å². The standard InChI is InChI=1S/C18H15N3O5S/c1-13-5-8-17(9-6-13)27(24,25)20-18-10-7-16(12-19-18)26-15-4-2-3-14(11-15)21(22)23/h2-12H,1H3,(H,19,20). The van der Waals surface area contributed by atoms with Crippen LogP contribution in [0.25, 0.3) is 0 Å². The van der Waals surface area contributed by atoms with Crippen molar-refractivity contribution in [3.8, 4) is 11.5 Å². The summed E-state index contributed by atoms with van der Waals surface area (Å²) in [5, 5.41) is 10.8. The largest absolute Gasteiger partial charge is 0.455 e. The summed E-state index contributed by atoms with van der Waals surface area (Å²) in [5.41, 5.74) is 0.859. The fourth-order valence-electron chi connectivity index (χ4n) is 2.21. The fraction of sp³-hybridized carbons (Fsp3) is 0.0556. The van der Waals surface area contributed by atoms with Gasteiger partial charge in [0.15, 0.2) is 0 Å². The number of nitrogens with zero attached hydrogens (tertiary/aromatic N) is 2. The molecule has 0 atom stereocenters. The lowest BCUT2D eigenvalue weighted by atomic mass is 10.2. The molecule has 3 rings (SSSR count). The SMILES string of the molecule is Cc1ccc(S(=O)(=O)Nc2ccc(Oc3cccc([N+](=O)[O-])c3)cn2)cc1. The maximum absolute atomic E-state index is 12.3. The normalized spacial score (nSPS) is 11.0. The number of hydrogen-bond acceptors (Lipinski definition) is 6. The number of rotatable bonds is 6. The predicted octanol–water partition coefficient (Wildman–Crippen LogP) is 3.89. The number of aromatic nitrogens is 1. The van der Waals surface area contributed by atoms with Gasteiger partial charge in [0.05, 0.1) is 22.1 Å². The Hall–Kier alpha value is -3.46. The van der Waals surface area contributed by atoms with Crippen molar-refractivity contribution in [3.05, 3.63) is 82.5 Å². The average Bonchev–Trinajstić information content (AvgIpc) is 2.64. The molecule has 0 aliphatic carbocycles. The van der Waals surface area contributed by atoms with Gasteiger partial charge in [-0.25, -0.2) is 13.4 Å². The van der Waals surface area contributed by atoms with Crippen molar-refractivity contribution in [1.82, 2.24) is 4.98 Å². The van der Waals surface area contributed by atoms with Crippen LogP contribution in [0.15, 0.2) is 71.8 Å². The van der Waals surface area contributed by atoms with Crippen LogP contribution in [-0.4, -0.2) is 18.3 Å². The lowest BCUT2D eigenvalue weighted by Gasteiger charge is -2.09. The zero-order chi connectivity index (χ0) is 19.4. The molecule has 8 nitrogen and oxygen atoms in total. The summed E-state index contributed by atoms with van der Waals surface area (Å²) in [7, 11) is -3.75. The van der Waals surface area contributed by atoms with E-state index in [0.717, 1.165) is 5.56 Å². The number of non-ortho nitro benzene ring substituents is 1. The van der Waals surface area contributed by atoms with Crippen LogP contribution in [0.1, 0.15) is 5.56 Å². The maximum Gasteiger partial charge on any atom is 0.273 e. The Morgan fingerprint density at radius 1 is 1.04 bits per heavy atom. The molecule has 3 aromatic rings. The van der Waals surface area contributed by atoms with E-state index in [1.807, 2.05) is 6.92 Å². The number of nitro groups is 1. The van der Waals surface area contributed by atoms with E-state index in [0.29, 0.717) is 5.75 Å². The molecule has 0 amide bonds. The number of benzene rings is 2. The molecule has 0 unspecified atom stereocenters. The molecule has 1 aromatic heterocycles. The molecule has 138 valence electrons. The summed E-state index contributed by atoms with van der Waals surface area (Å²) in [6, 6.07) is 15.1. The summed E-state index contributed by atoms with van der Waals surface area (Å²) in [6.45, 7) is 1.87. The first-order chi connectivity index (χ1) is 12.8. The Labute approximate surface area is 155 Å². The van der Waals surface area contributed by atoms with E-state index in [-0.39, 0.29) is 22.2 Å². The monoisotopic (exact) mass is 385 g/mol. The average molecular weight is 385 g/mol. The van der Waals surface area contributed by atoms with Crippen molar-refractivity contribution in [1.29, 1.82) is 0 Å². The number of nitrogens with one attached hydrogen (secondary N) is 1. The van der Waals surface area contributed by atoms with Crippen LogP contribution < -0.4 is 9.46 Å². The minimum Gasteiger partial charge on any atom is -0.455 e. The van der Waals surface area contributed by atoms with Crippen molar-refractivity contribution >= 4 is 21.5 Å². The highest BCUT2D eigenvalue weighted by Crippen LogP contribution is 2.25. The van der Waals surface area contributed by atoms with Crippen molar-refractivity contribution < 1.29 is 18.1 Å². The molecule has 0 bridgehead atoms. The first-order valence-corrected chi connectivity index (χ1v) is 9.30. The second-order valence-electron chi connectivity index (χ2n) is 5.65. The van der Waals surface area contributed by atoms with Gasteiger partial charge in [-0.3, -0.25) is 14.8 Å². The highest BCUT2D eigenvalue weighted by atomic mass is 32.2. The molecule has 1 heterocycles. The molecule has 1 N–H and O–H groups in total. The van der Waals surface area contributed by atoms with Crippen LogP contribution in [0.5, 0.6) is 11.5 Å². The molecule has 0 fully saturated rings. The molecule has 0 radical (unpaired) electrons. The van der Waals surface area contributed by atoms with Crippen LogP contribution in [-0.2, 0) is 10.0 Å². The molecule has 0 saturated heterocycles. The second kappa shape index (κ2) is 7.42. The van der Waals surface area contributed by atoms with Gasteiger partial charge < -0.3 is 4.74 Å². The number of ether oxygens (including phenoxy) is 1. The summed E-state index contributed by atoms with van der Waals surface area (Å²) >= 11 is 0. The topological polar surface area (TPSA) is 111 Å². The molecule has 9 heteroatoms. The zero-order valence-electron chi connectivity index (χ0n) is 14.2. The molecule has 0 spiro atoms. The van der Waals surface area contributed by atoms with Gasteiger partial charge in [-0.05, 0) is 37.3 Å². The number of anilines is 1. The lowest BCUT2D eigenvalue weighted by Crippen LogP contribution is -2.13. The first-order valence-electron chi connectivity index (χ1n) is 7.81. The smallest absolute Gasteiger partial charge is 0.273 e. The zero-order valence-corrected chi connectivity index (χ0v) is 15.0. The third-order valence-electron chi connectivity index (χ3n) is 3.57. The van der Waals surface area contributed by atoms with E-state index in [1.165, 1.54) is 48.7 Å². The van der Waals surface area contributed by atoms with Crippen LogP contribution in [0.3, 0.4) is 0 Å². The van der Waals surface area contributed by atoms with E-state index in [9.17, 15) is 18.5 Å². The Kier molecular flexibility index (Phi) is 5.04. The van der Waals surface area contributed by atoms with Crippen molar-refractivity contribution in [3.63, 3.8) is 0 Å². The van der Waals surface area contributed by atoms with Gasteiger partial charge in [0.2, 0.25) is 0 Å². The minimum atomic E-state index is -3.75. The summed E-state index contributed by atoms with van der Waals surface area (Å²) in [6.07, 6.45) is 1.33. The third-order valence-corrected chi connectivity index (χ3v) is 4.94. The Bertz CT molecular complexity index is 1060. The summed E-state index contributed by atoms with van der Waals surface area (Å²) < 4.78 is 32.6. The first kappa shape index (κ1) is 18.3. The third kappa shape index (κ3) is 4.59. The number of pyridine rings is 1. The van der Waals surface area contributed by atoms with Crippen molar-refractivity contribution in [2.45, 2.75) is 11.8 Å². The summed E-state index contributed by atoms with van der Waals surface area (Å²) in [5.74, 6) is 0.717. The number of aryl methyl sites for hydroxylation is 1. The molecule has 2 aromatic carbocycles. The van der Waals surface area contributed by atoms with Crippen LogP contribution in [0, 0.1) is 17.0 Å². The summed E-state index contributed by atoms with van der Waals surface area (Å²) in [4.78, 5) is 14.4. The predicted molar refractivity (Wildman–Crippen MR) is 99.4 cm³/mol. The van der Waals surface area contributed by atoms with Gasteiger partial charge in [0.25, 0.3) is 15.7 Å². The lowest BCUT2D eigenvalue weighted by molar-refractivity contribution is -0.384. The fourth-order valence-corrected chi connectivity index (χ4v) is 3.22. The Morgan fingerprint density at radius 3 is 2.41 bits per heavy atom. The maximum atomic E-state index is 12.3. The number of sulfonamides is 1. The highest BCUT2D eigenvalue weighted by Gasteiger charge is 2.14. The van der Waals surface area contributed by atoms with Gasteiger partial charge in [0, 0.05) is 6.07 Å². The van der Waals surface area contributed by atoms with E-state index < -0.39 is 14.9 Å². The van der Waals surface area contributed by atoms with Crippen LogP contribution in [0.4, 0.5) is 11.5 Å². The van der Waals surface area contributed by atoms with E-state index in [2.05, 4.69) is 9.71 Å². The second-order valence-corrected chi connectivity index (χ2v) is 7.34. The van der Waals surface area contributed by atoms with Gasteiger partial charge in [-0.1, -0.05) is 23.8 Å². The van der Waals surface area contributed by atoms with Gasteiger partial charge >= 0.3 is 0 Å². The molecule has 0 aliphatic rings. The number of nitro benzene ring substituents is 1. The molecule has 0 aliphatic heterocycles. The van der Waals surface area contributed by atoms with Gasteiger partial charge in [-0.15, -0.1) is 0 Å². The minimum absolute atomic E-state index is 0.0945. The van der Waals surface area contributed by atoms with Gasteiger partial charge in [-0.2, -0.15) is 0 Å². The number of hydrogen-bond donors (Lipinski definition) is 1. The van der Waals surface area contributed by atoms with E-state index >= 15 is 0 Å². The molecule has 27 heavy (non-hydrogen) atoms. The Morgan fingerprint density at radius 2 is 1.78 bits per heavy atom. The van der Waals surface area contributed by atoms with E-state index in [1.54, 1.807) is 18.2 Å². The molecule has 0 saturated carbocycles. The Balaban J connectivity index is 1.73. The van der Waals surface area contributed by atoms with Crippen LogP contribution >= 0.6 is 0 Å². The molecular formula is C18H15N3O5S. The quantitative estimate of drug-likeness (QED) is 0.509. The molecular weight excluding hydrogens is 370 g/mol. The highest BCUT2D eigenvalue weighted by molar-refractivity contribution is 7.92. The van der Waals surface area contributed by atoms with Crippen LogP contribution in [0.2, 0.25) is 0 Å².